The number of amides is 1. The molecule has 0 atom stereocenters. The van der Waals surface area contributed by atoms with Crippen LogP contribution in [0.4, 0.5) is 30.2 Å². The van der Waals surface area contributed by atoms with Crippen LogP contribution in [0.15, 0.2) is 60.9 Å². The summed E-state index contributed by atoms with van der Waals surface area (Å²) in [6.45, 7) is 3.93. The van der Waals surface area contributed by atoms with E-state index in [-0.39, 0.29) is 17.2 Å². The number of carbonyl (C=O) groups is 1. The molecule has 0 unspecified atom stereocenters. The van der Waals surface area contributed by atoms with E-state index in [4.69, 9.17) is 0 Å². The minimum atomic E-state index is -4.43. The van der Waals surface area contributed by atoms with Gasteiger partial charge in [0.2, 0.25) is 0 Å². The first-order valence-electron chi connectivity index (χ1n) is 8.50. The zero-order valence-electron chi connectivity index (χ0n) is 15.3. The van der Waals surface area contributed by atoms with Gasteiger partial charge in [-0.15, -0.1) is 0 Å². The Balaban J connectivity index is 1.76. The summed E-state index contributed by atoms with van der Waals surface area (Å²) in [6, 6.07) is 11.9. The van der Waals surface area contributed by atoms with Crippen molar-refractivity contribution in [3.05, 3.63) is 83.2 Å². The van der Waals surface area contributed by atoms with E-state index in [1.54, 1.807) is 6.07 Å². The van der Waals surface area contributed by atoms with Gasteiger partial charge in [0, 0.05) is 17.6 Å². The van der Waals surface area contributed by atoms with Crippen LogP contribution in [0.2, 0.25) is 0 Å². The fourth-order valence-electron chi connectivity index (χ4n) is 2.59. The number of aromatic nitrogens is 1. The highest BCUT2D eigenvalue weighted by Crippen LogP contribution is 2.31. The van der Waals surface area contributed by atoms with Crippen LogP contribution in [0.1, 0.15) is 27.0 Å². The number of aryl methyl sites for hydroxylation is 2. The lowest BCUT2D eigenvalue weighted by atomic mass is 10.1. The molecular formula is C21H18F3N3O. The summed E-state index contributed by atoms with van der Waals surface area (Å²) < 4.78 is 38.5. The molecule has 4 nitrogen and oxygen atoms in total. The first-order valence-corrected chi connectivity index (χ1v) is 8.50. The number of pyridine rings is 1. The Kier molecular flexibility index (Phi) is 5.35. The van der Waals surface area contributed by atoms with Crippen LogP contribution in [-0.2, 0) is 6.18 Å². The summed E-state index contributed by atoms with van der Waals surface area (Å²) >= 11 is 0. The van der Waals surface area contributed by atoms with E-state index in [2.05, 4.69) is 15.6 Å². The SMILES string of the molecule is Cc1ccc(NC(=O)c2cncc(Nc3cccc(C(F)(F)F)c3)c2)cc1C. The van der Waals surface area contributed by atoms with Crippen LogP contribution in [-0.4, -0.2) is 10.9 Å². The Labute approximate surface area is 160 Å². The number of anilines is 3. The molecule has 28 heavy (non-hydrogen) atoms. The number of alkyl halides is 3. The van der Waals surface area contributed by atoms with Gasteiger partial charge < -0.3 is 10.6 Å². The lowest BCUT2D eigenvalue weighted by Gasteiger charge is -2.11. The van der Waals surface area contributed by atoms with Crippen LogP contribution in [0, 0.1) is 13.8 Å². The molecule has 0 radical (unpaired) electrons. The number of nitrogens with zero attached hydrogens (tertiary/aromatic N) is 1. The quantitative estimate of drug-likeness (QED) is 0.605. The third-order valence-corrected chi connectivity index (χ3v) is 4.24. The molecule has 1 amide bonds. The molecule has 2 N–H and O–H groups in total. The van der Waals surface area contributed by atoms with Gasteiger partial charge in [-0.25, -0.2) is 0 Å². The molecule has 7 heteroatoms. The normalized spacial score (nSPS) is 11.2. The zero-order valence-corrected chi connectivity index (χ0v) is 15.3. The van der Waals surface area contributed by atoms with Crippen LogP contribution in [0.3, 0.4) is 0 Å². The zero-order chi connectivity index (χ0) is 20.3. The van der Waals surface area contributed by atoms with Crippen LogP contribution >= 0.6 is 0 Å². The number of hydrogen-bond donors (Lipinski definition) is 2. The Bertz CT molecular complexity index is 1020. The standard InChI is InChI=1S/C21H18F3N3O/c1-13-6-7-18(8-14(13)2)27-20(28)15-9-19(12-25-11-15)26-17-5-3-4-16(10-17)21(22,23)24/h3-12,26H,1-2H3,(H,27,28). The van der Waals surface area contributed by atoms with Crippen LogP contribution < -0.4 is 10.6 Å². The third-order valence-electron chi connectivity index (χ3n) is 4.24. The summed E-state index contributed by atoms with van der Waals surface area (Å²) in [5.41, 5.74) is 3.02. The van der Waals surface area contributed by atoms with Crippen molar-refractivity contribution >= 4 is 23.0 Å². The first-order chi connectivity index (χ1) is 13.2. The average molecular weight is 385 g/mol. The largest absolute Gasteiger partial charge is 0.416 e. The second kappa shape index (κ2) is 7.72. The van der Waals surface area contributed by atoms with Crippen molar-refractivity contribution in [3.63, 3.8) is 0 Å². The van der Waals surface area contributed by atoms with Gasteiger partial charge in [-0.1, -0.05) is 12.1 Å². The minimum absolute atomic E-state index is 0.253. The Morgan fingerprint density at radius 2 is 1.68 bits per heavy atom. The Morgan fingerprint density at radius 3 is 2.39 bits per heavy atom. The Morgan fingerprint density at radius 1 is 0.893 bits per heavy atom. The molecule has 0 aliphatic carbocycles. The van der Waals surface area contributed by atoms with Crippen molar-refractivity contribution in [2.45, 2.75) is 20.0 Å². The summed E-state index contributed by atoms with van der Waals surface area (Å²) in [6.07, 6.45) is -1.59. The van der Waals surface area contributed by atoms with Crippen molar-refractivity contribution in [1.82, 2.24) is 4.98 Å². The van der Waals surface area contributed by atoms with Crippen molar-refractivity contribution in [1.29, 1.82) is 0 Å². The first kappa shape index (κ1) is 19.4. The van der Waals surface area contributed by atoms with Crippen molar-refractivity contribution in [3.8, 4) is 0 Å². The molecular weight excluding hydrogens is 367 g/mol. The highest BCUT2D eigenvalue weighted by Gasteiger charge is 2.30. The maximum absolute atomic E-state index is 12.8. The predicted octanol–water partition coefficient (Wildman–Crippen LogP) is 5.71. The van der Waals surface area contributed by atoms with Gasteiger partial charge in [0.1, 0.15) is 0 Å². The van der Waals surface area contributed by atoms with E-state index >= 15 is 0 Å². The van der Waals surface area contributed by atoms with Gasteiger partial charge in [-0.2, -0.15) is 13.2 Å². The van der Waals surface area contributed by atoms with Crippen LogP contribution in [0.25, 0.3) is 0 Å². The number of benzene rings is 2. The molecule has 0 fully saturated rings. The maximum Gasteiger partial charge on any atom is 0.416 e. The van der Waals surface area contributed by atoms with E-state index in [1.807, 2.05) is 26.0 Å². The van der Waals surface area contributed by atoms with Crippen LogP contribution in [0.5, 0.6) is 0 Å². The third kappa shape index (κ3) is 4.68. The molecule has 2 aromatic carbocycles. The van der Waals surface area contributed by atoms with Crippen molar-refractivity contribution < 1.29 is 18.0 Å². The topological polar surface area (TPSA) is 54.0 Å². The number of hydrogen-bond acceptors (Lipinski definition) is 3. The molecule has 144 valence electrons. The molecule has 0 saturated carbocycles. The molecule has 3 rings (SSSR count). The van der Waals surface area contributed by atoms with E-state index in [9.17, 15) is 18.0 Å². The fourth-order valence-corrected chi connectivity index (χ4v) is 2.59. The van der Waals surface area contributed by atoms with Gasteiger partial charge in [0.15, 0.2) is 0 Å². The molecule has 1 aromatic heterocycles. The summed E-state index contributed by atoms with van der Waals surface area (Å²) in [4.78, 5) is 16.5. The molecule has 0 aliphatic heterocycles. The van der Waals surface area contributed by atoms with Gasteiger partial charge in [-0.3, -0.25) is 9.78 Å². The van der Waals surface area contributed by atoms with E-state index in [0.717, 1.165) is 23.3 Å². The molecule has 0 aliphatic rings. The average Bonchev–Trinajstić information content (AvgIpc) is 2.64. The summed E-state index contributed by atoms with van der Waals surface area (Å²) in [7, 11) is 0. The van der Waals surface area contributed by atoms with Gasteiger partial charge >= 0.3 is 6.18 Å². The van der Waals surface area contributed by atoms with E-state index in [0.29, 0.717) is 11.4 Å². The second-order valence-electron chi connectivity index (χ2n) is 6.42. The monoisotopic (exact) mass is 385 g/mol. The number of halogens is 3. The molecule has 0 spiro atoms. The molecule has 1 heterocycles. The molecule has 0 saturated heterocycles. The highest BCUT2D eigenvalue weighted by atomic mass is 19.4. The predicted molar refractivity (Wildman–Crippen MR) is 103 cm³/mol. The lowest BCUT2D eigenvalue weighted by molar-refractivity contribution is -0.137. The van der Waals surface area contributed by atoms with Gasteiger partial charge in [0.25, 0.3) is 5.91 Å². The number of nitrogens with one attached hydrogen (secondary N) is 2. The summed E-state index contributed by atoms with van der Waals surface area (Å²) in [5, 5.41) is 5.64. The lowest BCUT2D eigenvalue weighted by Crippen LogP contribution is -2.12. The van der Waals surface area contributed by atoms with Crippen molar-refractivity contribution in [2.24, 2.45) is 0 Å². The van der Waals surface area contributed by atoms with Gasteiger partial charge in [-0.05, 0) is 61.4 Å². The van der Waals surface area contributed by atoms with E-state index in [1.165, 1.54) is 30.6 Å². The smallest absolute Gasteiger partial charge is 0.354 e. The number of carbonyl (C=O) groups excluding carboxylic acids is 1. The number of rotatable bonds is 4. The summed E-state index contributed by atoms with van der Waals surface area (Å²) in [5.74, 6) is -0.358. The molecule has 0 bridgehead atoms. The van der Waals surface area contributed by atoms with E-state index < -0.39 is 11.7 Å². The fraction of sp³-hybridized carbons (Fsp3) is 0.143. The van der Waals surface area contributed by atoms with Gasteiger partial charge in [0.05, 0.1) is 23.0 Å². The molecule has 3 aromatic rings. The minimum Gasteiger partial charge on any atom is -0.354 e. The Hall–Kier alpha value is -3.35. The second-order valence-corrected chi connectivity index (χ2v) is 6.42. The maximum atomic E-state index is 12.8. The van der Waals surface area contributed by atoms with Crippen molar-refractivity contribution in [2.75, 3.05) is 10.6 Å². The highest BCUT2D eigenvalue weighted by molar-refractivity contribution is 6.04.